The molecule has 5 heteroatoms. The first kappa shape index (κ1) is 13.9. The molecule has 0 saturated carbocycles. The standard InChI is InChI=1S/C16H21N3O2/c1-11(17)4-6-19(2)16-13-10-15-14(20-7-8-21-15)9-12(13)3-5-18-16/h3,5,9-11H,4,6-8,17H2,1-2H3. The molecular weight excluding hydrogens is 266 g/mol. The lowest BCUT2D eigenvalue weighted by Gasteiger charge is -2.23. The van der Waals surface area contributed by atoms with E-state index in [0.717, 1.165) is 41.1 Å². The Kier molecular flexibility index (Phi) is 3.84. The van der Waals surface area contributed by atoms with E-state index < -0.39 is 0 Å². The molecule has 21 heavy (non-hydrogen) atoms. The quantitative estimate of drug-likeness (QED) is 0.934. The van der Waals surface area contributed by atoms with Gasteiger partial charge in [0.15, 0.2) is 11.5 Å². The maximum absolute atomic E-state index is 5.84. The Morgan fingerprint density at radius 2 is 2.00 bits per heavy atom. The maximum Gasteiger partial charge on any atom is 0.162 e. The third-order valence-electron chi connectivity index (χ3n) is 3.69. The molecule has 1 aromatic heterocycles. The van der Waals surface area contributed by atoms with Crippen LogP contribution in [-0.2, 0) is 0 Å². The largest absolute Gasteiger partial charge is 0.486 e. The number of rotatable bonds is 4. The van der Waals surface area contributed by atoms with Crippen LogP contribution < -0.4 is 20.1 Å². The number of benzene rings is 1. The van der Waals surface area contributed by atoms with Crippen molar-refractivity contribution in [3.8, 4) is 11.5 Å². The Morgan fingerprint density at radius 3 is 2.71 bits per heavy atom. The average molecular weight is 287 g/mol. The molecule has 0 spiro atoms. The van der Waals surface area contributed by atoms with Gasteiger partial charge in [-0.2, -0.15) is 0 Å². The van der Waals surface area contributed by atoms with Crippen LogP contribution in [0.4, 0.5) is 5.82 Å². The van der Waals surface area contributed by atoms with Gasteiger partial charge in [0.25, 0.3) is 0 Å². The van der Waals surface area contributed by atoms with E-state index in [1.165, 1.54) is 0 Å². The van der Waals surface area contributed by atoms with E-state index in [1.54, 1.807) is 0 Å². The van der Waals surface area contributed by atoms with Crippen LogP contribution in [0.25, 0.3) is 10.8 Å². The van der Waals surface area contributed by atoms with Gasteiger partial charge in [0.05, 0.1) is 0 Å². The predicted molar refractivity (Wildman–Crippen MR) is 84.3 cm³/mol. The second kappa shape index (κ2) is 5.77. The summed E-state index contributed by atoms with van der Waals surface area (Å²) in [6.07, 6.45) is 2.76. The van der Waals surface area contributed by atoms with Crippen LogP contribution in [-0.4, -0.2) is 37.8 Å². The lowest BCUT2D eigenvalue weighted by atomic mass is 10.1. The fraction of sp³-hybridized carbons (Fsp3) is 0.438. The summed E-state index contributed by atoms with van der Waals surface area (Å²) in [5.41, 5.74) is 5.84. The Bertz CT molecular complexity index is 643. The van der Waals surface area contributed by atoms with Crippen molar-refractivity contribution in [2.45, 2.75) is 19.4 Å². The summed E-state index contributed by atoms with van der Waals surface area (Å²) < 4.78 is 11.3. The van der Waals surface area contributed by atoms with Crippen LogP contribution in [0, 0.1) is 0 Å². The molecule has 0 saturated heterocycles. The highest BCUT2D eigenvalue weighted by atomic mass is 16.6. The van der Waals surface area contributed by atoms with Gasteiger partial charge in [-0.15, -0.1) is 0 Å². The third-order valence-corrected chi connectivity index (χ3v) is 3.69. The molecule has 3 rings (SSSR count). The zero-order chi connectivity index (χ0) is 14.8. The highest BCUT2D eigenvalue weighted by molar-refractivity contribution is 5.94. The smallest absolute Gasteiger partial charge is 0.162 e. The first-order valence-electron chi connectivity index (χ1n) is 7.30. The summed E-state index contributed by atoms with van der Waals surface area (Å²) in [5, 5.41) is 2.19. The summed E-state index contributed by atoms with van der Waals surface area (Å²) in [7, 11) is 2.04. The van der Waals surface area contributed by atoms with Gasteiger partial charge < -0.3 is 20.1 Å². The highest BCUT2D eigenvalue weighted by Crippen LogP contribution is 2.37. The van der Waals surface area contributed by atoms with Crippen LogP contribution in [0.2, 0.25) is 0 Å². The Morgan fingerprint density at radius 1 is 1.29 bits per heavy atom. The first-order valence-corrected chi connectivity index (χ1v) is 7.30. The average Bonchev–Trinajstić information content (AvgIpc) is 2.50. The van der Waals surface area contributed by atoms with Crippen LogP contribution in [0.15, 0.2) is 24.4 Å². The van der Waals surface area contributed by atoms with Crippen molar-refractivity contribution in [1.82, 2.24) is 4.98 Å². The molecule has 1 aromatic carbocycles. The molecule has 2 heterocycles. The SMILES string of the molecule is CC(N)CCN(C)c1nccc2cc3c(cc12)OCCO3. The number of pyridine rings is 1. The lowest BCUT2D eigenvalue weighted by Crippen LogP contribution is -2.26. The molecule has 0 fully saturated rings. The molecule has 0 radical (unpaired) electrons. The summed E-state index contributed by atoms with van der Waals surface area (Å²) in [5.74, 6) is 2.55. The normalized spacial score (nSPS) is 15.0. The van der Waals surface area contributed by atoms with Crippen molar-refractivity contribution in [1.29, 1.82) is 0 Å². The van der Waals surface area contributed by atoms with Gasteiger partial charge in [0.1, 0.15) is 19.0 Å². The van der Waals surface area contributed by atoms with Crippen LogP contribution in [0.5, 0.6) is 11.5 Å². The highest BCUT2D eigenvalue weighted by Gasteiger charge is 2.16. The molecular formula is C16H21N3O2. The fourth-order valence-electron chi connectivity index (χ4n) is 2.50. The first-order chi connectivity index (χ1) is 10.1. The van der Waals surface area contributed by atoms with Gasteiger partial charge in [-0.1, -0.05) is 0 Å². The molecule has 0 aliphatic carbocycles. The number of nitrogens with two attached hydrogens (primary N) is 1. The zero-order valence-electron chi connectivity index (χ0n) is 12.5. The second-order valence-corrected chi connectivity index (χ2v) is 5.54. The Hall–Kier alpha value is -2.01. The number of ether oxygens (including phenoxy) is 2. The summed E-state index contributed by atoms with van der Waals surface area (Å²) >= 11 is 0. The topological polar surface area (TPSA) is 60.6 Å². The van der Waals surface area contributed by atoms with Gasteiger partial charge in [0.2, 0.25) is 0 Å². The van der Waals surface area contributed by atoms with E-state index in [2.05, 4.69) is 9.88 Å². The van der Waals surface area contributed by atoms with E-state index in [4.69, 9.17) is 15.2 Å². The van der Waals surface area contributed by atoms with Gasteiger partial charge in [0, 0.05) is 31.2 Å². The van der Waals surface area contributed by atoms with E-state index in [1.807, 2.05) is 38.4 Å². The minimum atomic E-state index is 0.187. The second-order valence-electron chi connectivity index (χ2n) is 5.54. The van der Waals surface area contributed by atoms with Gasteiger partial charge >= 0.3 is 0 Å². The van der Waals surface area contributed by atoms with Crippen molar-refractivity contribution in [3.05, 3.63) is 24.4 Å². The number of anilines is 1. The molecule has 2 N–H and O–H groups in total. The molecule has 1 aliphatic rings. The minimum Gasteiger partial charge on any atom is -0.486 e. The van der Waals surface area contributed by atoms with Crippen LogP contribution >= 0.6 is 0 Å². The molecule has 1 atom stereocenters. The minimum absolute atomic E-state index is 0.187. The Balaban J connectivity index is 1.98. The number of aromatic nitrogens is 1. The summed E-state index contributed by atoms with van der Waals surface area (Å²) in [6.45, 7) is 4.09. The monoisotopic (exact) mass is 287 g/mol. The van der Waals surface area contributed by atoms with Crippen molar-refractivity contribution >= 4 is 16.6 Å². The van der Waals surface area contributed by atoms with Crippen molar-refractivity contribution < 1.29 is 9.47 Å². The molecule has 0 bridgehead atoms. The van der Waals surface area contributed by atoms with Crippen molar-refractivity contribution in [2.75, 3.05) is 31.7 Å². The number of hydrogen-bond acceptors (Lipinski definition) is 5. The summed E-state index contributed by atoms with van der Waals surface area (Å²) in [4.78, 5) is 6.66. The van der Waals surface area contributed by atoms with E-state index >= 15 is 0 Å². The molecule has 2 aromatic rings. The van der Waals surface area contributed by atoms with Gasteiger partial charge in [-0.25, -0.2) is 4.98 Å². The summed E-state index contributed by atoms with van der Waals surface area (Å²) in [6, 6.07) is 6.23. The number of fused-ring (bicyclic) bond motifs is 2. The maximum atomic E-state index is 5.84. The van der Waals surface area contributed by atoms with Crippen molar-refractivity contribution in [3.63, 3.8) is 0 Å². The predicted octanol–water partition coefficient (Wildman–Crippen LogP) is 2.18. The molecule has 112 valence electrons. The molecule has 5 nitrogen and oxygen atoms in total. The van der Waals surface area contributed by atoms with Crippen LogP contribution in [0.1, 0.15) is 13.3 Å². The number of hydrogen-bond donors (Lipinski definition) is 1. The van der Waals surface area contributed by atoms with Crippen LogP contribution in [0.3, 0.4) is 0 Å². The van der Waals surface area contributed by atoms with E-state index in [9.17, 15) is 0 Å². The van der Waals surface area contributed by atoms with E-state index in [-0.39, 0.29) is 6.04 Å². The zero-order valence-corrected chi connectivity index (χ0v) is 12.5. The molecule has 0 amide bonds. The Labute approximate surface area is 124 Å². The van der Waals surface area contributed by atoms with Crippen molar-refractivity contribution in [2.24, 2.45) is 5.73 Å². The molecule has 1 aliphatic heterocycles. The fourth-order valence-corrected chi connectivity index (χ4v) is 2.50. The number of nitrogens with zero attached hydrogens (tertiary/aromatic N) is 2. The third kappa shape index (κ3) is 2.88. The lowest BCUT2D eigenvalue weighted by molar-refractivity contribution is 0.172. The van der Waals surface area contributed by atoms with E-state index in [0.29, 0.717) is 13.2 Å². The van der Waals surface area contributed by atoms with Gasteiger partial charge in [-0.3, -0.25) is 0 Å². The van der Waals surface area contributed by atoms with Gasteiger partial charge in [-0.05, 0) is 36.9 Å². The molecule has 1 unspecified atom stereocenters.